The summed E-state index contributed by atoms with van der Waals surface area (Å²) in [6, 6.07) is 3.80. The molecule has 0 amide bonds. The fourth-order valence-electron chi connectivity index (χ4n) is 2.59. The van der Waals surface area contributed by atoms with Gasteiger partial charge >= 0.3 is 0 Å². The van der Waals surface area contributed by atoms with Crippen molar-refractivity contribution in [2.75, 3.05) is 19.6 Å². The Bertz CT molecular complexity index is 529. The SMILES string of the molecule is Clc1ccn2cc(CCN3CCCCC3)nc2c1. The summed E-state index contributed by atoms with van der Waals surface area (Å²) in [6.07, 6.45) is 9.19. The average Bonchev–Trinajstić information content (AvgIpc) is 2.79. The highest BCUT2D eigenvalue weighted by atomic mass is 35.5. The Morgan fingerprint density at radius 1 is 1.22 bits per heavy atom. The van der Waals surface area contributed by atoms with Crippen molar-refractivity contribution >= 4 is 17.2 Å². The Labute approximate surface area is 112 Å². The van der Waals surface area contributed by atoms with E-state index in [0.29, 0.717) is 0 Å². The first-order valence-electron chi connectivity index (χ1n) is 6.67. The summed E-state index contributed by atoms with van der Waals surface area (Å²) in [4.78, 5) is 7.15. The molecule has 0 aromatic carbocycles. The number of likely N-dealkylation sites (tertiary alicyclic amines) is 1. The zero-order valence-electron chi connectivity index (χ0n) is 10.5. The molecule has 0 aliphatic carbocycles. The molecule has 4 heteroatoms. The molecule has 2 aromatic rings. The predicted octanol–water partition coefficient (Wildman–Crippen LogP) is 3.02. The maximum atomic E-state index is 5.97. The molecule has 18 heavy (non-hydrogen) atoms. The van der Waals surface area contributed by atoms with Crippen molar-refractivity contribution in [3.8, 4) is 0 Å². The Kier molecular flexibility index (Phi) is 3.52. The van der Waals surface area contributed by atoms with Crippen molar-refractivity contribution in [1.29, 1.82) is 0 Å². The van der Waals surface area contributed by atoms with Crippen molar-refractivity contribution in [1.82, 2.24) is 14.3 Å². The monoisotopic (exact) mass is 263 g/mol. The lowest BCUT2D eigenvalue weighted by Crippen LogP contribution is -2.31. The van der Waals surface area contributed by atoms with E-state index in [0.717, 1.165) is 29.3 Å². The van der Waals surface area contributed by atoms with Gasteiger partial charge in [-0.05, 0) is 38.1 Å². The molecule has 0 atom stereocenters. The highest BCUT2D eigenvalue weighted by Gasteiger charge is 2.10. The second-order valence-corrected chi connectivity index (χ2v) is 5.43. The van der Waals surface area contributed by atoms with Crippen LogP contribution in [-0.4, -0.2) is 33.9 Å². The molecule has 0 unspecified atom stereocenters. The van der Waals surface area contributed by atoms with E-state index >= 15 is 0 Å². The molecule has 3 nitrogen and oxygen atoms in total. The minimum atomic E-state index is 0.746. The van der Waals surface area contributed by atoms with Gasteiger partial charge in [-0.2, -0.15) is 0 Å². The van der Waals surface area contributed by atoms with Crippen LogP contribution < -0.4 is 0 Å². The van der Waals surface area contributed by atoms with Crippen LogP contribution in [0, 0.1) is 0 Å². The summed E-state index contributed by atoms with van der Waals surface area (Å²) < 4.78 is 2.04. The summed E-state index contributed by atoms with van der Waals surface area (Å²) in [5, 5.41) is 0.746. The third-order valence-electron chi connectivity index (χ3n) is 3.61. The average molecular weight is 264 g/mol. The number of halogens is 1. The largest absolute Gasteiger partial charge is 0.307 e. The van der Waals surface area contributed by atoms with E-state index in [9.17, 15) is 0 Å². The lowest BCUT2D eigenvalue weighted by Gasteiger charge is -2.25. The van der Waals surface area contributed by atoms with Crippen LogP contribution in [0.5, 0.6) is 0 Å². The van der Waals surface area contributed by atoms with Crippen molar-refractivity contribution in [3.63, 3.8) is 0 Å². The van der Waals surface area contributed by atoms with Crippen LogP contribution in [-0.2, 0) is 6.42 Å². The van der Waals surface area contributed by atoms with E-state index in [1.54, 1.807) is 0 Å². The van der Waals surface area contributed by atoms with Crippen LogP contribution in [0.4, 0.5) is 0 Å². The van der Waals surface area contributed by atoms with Gasteiger partial charge < -0.3 is 9.30 Å². The van der Waals surface area contributed by atoms with Crippen LogP contribution >= 0.6 is 11.6 Å². The van der Waals surface area contributed by atoms with Crippen LogP contribution in [0.1, 0.15) is 25.0 Å². The Morgan fingerprint density at radius 3 is 2.89 bits per heavy atom. The standard InChI is InChI=1S/C14H18ClN3/c15-12-4-9-18-11-13(16-14(18)10-12)5-8-17-6-2-1-3-7-17/h4,9-11H,1-3,5-8H2. The smallest absolute Gasteiger partial charge is 0.138 e. The van der Waals surface area contributed by atoms with Crippen LogP contribution in [0.3, 0.4) is 0 Å². The van der Waals surface area contributed by atoms with Gasteiger partial charge in [-0.1, -0.05) is 18.0 Å². The zero-order valence-corrected chi connectivity index (χ0v) is 11.2. The van der Waals surface area contributed by atoms with Crippen LogP contribution in [0.15, 0.2) is 24.5 Å². The van der Waals surface area contributed by atoms with Crippen molar-refractivity contribution in [2.45, 2.75) is 25.7 Å². The minimum absolute atomic E-state index is 0.746. The van der Waals surface area contributed by atoms with E-state index in [1.807, 2.05) is 22.7 Å². The van der Waals surface area contributed by atoms with Gasteiger partial charge in [-0.25, -0.2) is 4.98 Å². The summed E-state index contributed by atoms with van der Waals surface area (Å²) >= 11 is 5.97. The number of rotatable bonds is 3. The molecular formula is C14H18ClN3. The second-order valence-electron chi connectivity index (χ2n) is 4.99. The predicted molar refractivity (Wildman–Crippen MR) is 74.2 cm³/mol. The van der Waals surface area contributed by atoms with Crippen LogP contribution in [0.25, 0.3) is 5.65 Å². The summed E-state index contributed by atoms with van der Waals surface area (Å²) in [7, 11) is 0. The number of hydrogen-bond acceptors (Lipinski definition) is 2. The molecule has 0 saturated carbocycles. The number of fused-ring (bicyclic) bond motifs is 1. The lowest BCUT2D eigenvalue weighted by molar-refractivity contribution is 0.231. The van der Waals surface area contributed by atoms with Gasteiger partial charge in [-0.3, -0.25) is 0 Å². The van der Waals surface area contributed by atoms with Crippen molar-refractivity contribution < 1.29 is 0 Å². The molecule has 3 rings (SSSR count). The van der Waals surface area contributed by atoms with E-state index in [1.165, 1.54) is 32.4 Å². The highest BCUT2D eigenvalue weighted by Crippen LogP contribution is 2.14. The van der Waals surface area contributed by atoms with E-state index in [-0.39, 0.29) is 0 Å². The van der Waals surface area contributed by atoms with Gasteiger partial charge in [0, 0.05) is 30.4 Å². The Hall–Kier alpha value is -1.06. The molecule has 1 saturated heterocycles. The maximum absolute atomic E-state index is 5.97. The third kappa shape index (κ3) is 2.68. The minimum Gasteiger partial charge on any atom is -0.307 e. The topological polar surface area (TPSA) is 20.5 Å². The zero-order chi connectivity index (χ0) is 12.4. The molecule has 1 aliphatic heterocycles. The second kappa shape index (κ2) is 5.29. The summed E-state index contributed by atoms with van der Waals surface area (Å²) in [5.74, 6) is 0. The first-order valence-corrected chi connectivity index (χ1v) is 7.04. The van der Waals surface area contributed by atoms with Gasteiger partial charge in [-0.15, -0.1) is 0 Å². The summed E-state index contributed by atoms with van der Waals surface area (Å²) in [6.45, 7) is 3.62. The first kappa shape index (κ1) is 12.0. The molecule has 96 valence electrons. The normalized spacial score (nSPS) is 17.4. The Morgan fingerprint density at radius 2 is 2.06 bits per heavy atom. The number of nitrogens with zero attached hydrogens (tertiary/aromatic N) is 3. The molecule has 1 fully saturated rings. The number of hydrogen-bond donors (Lipinski definition) is 0. The summed E-state index contributed by atoms with van der Waals surface area (Å²) in [5.41, 5.74) is 2.10. The Balaban J connectivity index is 1.67. The number of aromatic nitrogens is 2. The highest BCUT2D eigenvalue weighted by molar-refractivity contribution is 6.30. The van der Waals surface area contributed by atoms with Gasteiger partial charge in [0.25, 0.3) is 0 Å². The van der Waals surface area contributed by atoms with Gasteiger partial charge in [0.05, 0.1) is 5.69 Å². The number of pyridine rings is 1. The molecule has 0 spiro atoms. The fraction of sp³-hybridized carbons (Fsp3) is 0.500. The van der Waals surface area contributed by atoms with Crippen molar-refractivity contribution in [3.05, 3.63) is 35.2 Å². The number of piperidine rings is 1. The quantitative estimate of drug-likeness (QED) is 0.849. The van der Waals surface area contributed by atoms with Gasteiger partial charge in [0.2, 0.25) is 0 Å². The van der Waals surface area contributed by atoms with Crippen molar-refractivity contribution in [2.24, 2.45) is 0 Å². The molecule has 0 bridgehead atoms. The van der Waals surface area contributed by atoms with Gasteiger partial charge in [0.15, 0.2) is 0 Å². The first-order chi connectivity index (χ1) is 8.81. The molecular weight excluding hydrogens is 246 g/mol. The molecule has 0 N–H and O–H groups in total. The molecule has 1 aliphatic rings. The molecule has 0 radical (unpaired) electrons. The van der Waals surface area contributed by atoms with Crippen LogP contribution in [0.2, 0.25) is 5.02 Å². The molecule has 3 heterocycles. The van der Waals surface area contributed by atoms with E-state index in [4.69, 9.17) is 11.6 Å². The van der Waals surface area contributed by atoms with E-state index < -0.39 is 0 Å². The third-order valence-corrected chi connectivity index (χ3v) is 3.84. The van der Waals surface area contributed by atoms with Gasteiger partial charge in [0.1, 0.15) is 5.65 Å². The lowest BCUT2D eigenvalue weighted by atomic mass is 10.1. The molecule has 2 aromatic heterocycles. The fourth-order valence-corrected chi connectivity index (χ4v) is 2.74. The number of imidazole rings is 1. The maximum Gasteiger partial charge on any atom is 0.138 e. The van der Waals surface area contributed by atoms with E-state index in [2.05, 4.69) is 16.1 Å².